The molecule has 18 heavy (non-hydrogen) atoms. The second-order valence-corrected chi connectivity index (χ2v) is 5.03. The molecule has 2 nitrogen and oxygen atoms in total. The molecule has 0 aliphatic heterocycles. The van der Waals surface area contributed by atoms with Gasteiger partial charge in [0.05, 0.1) is 16.4 Å². The molecular weight excluding hydrogens is 251 g/mol. The van der Waals surface area contributed by atoms with Gasteiger partial charge in [0.1, 0.15) is 0 Å². The standard InChI is InChI=1S/C14H22ClFN2/c1-3-5-6-10(4-2)9-18-14-12(17)8-7-11(15)13(14)16/h7-8,10,18H,3-6,9,17H2,1-2H3. The Morgan fingerprint density at radius 1 is 1.39 bits per heavy atom. The molecule has 1 aromatic carbocycles. The normalized spacial score (nSPS) is 12.4. The minimum Gasteiger partial charge on any atom is -0.397 e. The maximum Gasteiger partial charge on any atom is 0.166 e. The summed E-state index contributed by atoms with van der Waals surface area (Å²) >= 11 is 5.75. The number of unbranched alkanes of at least 4 members (excludes halogenated alkanes) is 1. The van der Waals surface area contributed by atoms with Gasteiger partial charge in [0.25, 0.3) is 0 Å². The summed E-state index contributed by atoms with van der Waals surface area (Å²) in [5.74, 6) is 0.0877. The SMILES string of the molecule is CCCCC(CC)CNc1c(N)ccc(Cl)c1F. The summed E-state index contributed by atoms with van der Waals surface area (Å²) in [6, 6.07) is 3.10. The van der Waals surface area contributed by atoms with Crippen LogP contribution in [0.25, 0.3) is 0 Å². The van der Waals surface area contributed by atoms with Crippen LogP contribution < -0.4 is 11.1 Å². The summed E-state index contributed by atoms with van der Waals surface area (Å²) in [4.78, 5) is 0. The summed E-state index contributed by atoms with van der Waals surface area (Å²) in [5, 5.41) is 3.20. The third-order valence-corrected chi connectivity index (χ3v) is 3.53. The minimum atomic E-state index is -0.456. The van der Waals surface area contributed by atoms with Crippen molar-refractivity contribution in [3.63, 3.8) is 0 Å². The van der Waals surface area contributed by atoms with E-state index in [0.29, 0.717) is 17.3 Å². The molecule has 1 aromatic rings. The molecule has 0 amide bonds. The quantitative estimate of drug-likeness (QED) is 0.707. The summed E-state index contributed by atoms with van der Waals surface area (Å²) in [6.45, 7) is 5.06. The average Bonchev–Trinajstić information content (AvgIpc) is 2.37. The maximum atomic E-state index is 13.8. The van der Waals surface area contributed by atoms with Gasteiger partial charge in [-0.1, -0.05) is 44.7 Å². The Kier molecular flexibility index (Phi) is 6.27. The largest absolute Gasteiger partial charge is 0.397 e. The van der Waals surface area contributed by atoms with Gasteiger partial charge in [-0.25, -0.2) is 4.39 Å². The van der Waals surface area contributed by atoms with Crippen LogP contribution in [0.15, 0.2) is 12.1 Å². The Hall–Kier alpha value is -0.960. The van der Waals surface area contributed by atoms with Gasteiger partial charge in [0.2, 0.25) is 0 Å². The predicted molar refractivity (Wildman–Crippen MR) is 77.6 cm³/mol. The van der Waals surface area contributed by atoms with Crippen LogP contribution in [0.3, 0.4) is 0 Å². The fourth-order valence-corrected chi connectivity index (χ4v) is 2.09. The number of nitrogens with two attached hydrogens (primary N) is 1. The number of hydrogen-bond acceptors (Lipinski definition) is 2. The van der Waals surface area contributed by atoms with Crippen LogP contribution in [-0.2, 0) is 0 Å². The van der Waals surface area contributed by atoms with Crippen molar-refractivity contribution in [3.8, 4) is 0 Å². The zero-order valence-corrected chi connectivity index (χ0v) is 11.9. The van der Waals surface area contributed by atoms with E-state index in [9.17, 15) is 4.39 Å². The van der Waals surface area contributed by atoms with Crippen LogP contribution >= 0.6 is 11.6 Å². The Balaban J connectivity index is 2.64. The van der Waals surface area contributed by atoms with E-state index in [0.717, 1.165) is 19.4 Å². The van der Waals surface area contributed by atoms with Gasteiger partial charge in [-0.05, 0) is 24.5 Å². The van der Waals surface area contributed by atoms with E-state index >= 15 is 0 Å². The van der Waals surface area contributed by atoms with Gasteiger partial charge in [0, 0.05) is 6.54 Å². The van der Waals surface area contributed by atoms with Crippen LogP contribution in [0, 0.1) is 11.7 Å². The van der Waals surface area contributed by atoms with Crippen molar-refractivity contribution < 1.29 is 4.39 Å². The Morgan fingerprint density at radius 3 is 2.72 bits per heavy atom. The number of halogens is 2. The molecule has 0 fully saturated rings. The van der Waals surface area contributed by atoms with Crippen molar-refractivity contribution in [1.29, 1.82) is 0 Å². The van der Waals surface area contributed by atoms with Gasteiger partial charge >= 0.3 is 0 Å². The van der Waals surface area contributed by atoms with Crippen LogP contribution in [0.2, 0.25) is 5.02 Å². The van der Waals surface area contributed by atoms with Crippen LogP contribution in [-0.4, -0.2) is 6.54 Å². The summed E-state index contributed by atoms with van der Waals surface area (Å²) < 4.78 is 13.8. The highest BCUT2D eigenvalue weighted by Crippen LogP contribution is 2.29. The van der Waals surface area contributed by atoms with E-state index in [1.165, 1.54) is 18.9 Å². The first kappa shape index (κ1) is 15.1. The zero-order valence-electron chi connectivity index (χ0n) is 11.1. The van der Waals surface area contributed by atoms with E-state index in [2.05, 4.69) is 19.2 Å². The van der Waals surface area contributed by atoms with Crippen molar-refractivity contribution in [1.82, 2.24) is 0 Å². The fourth-order valence-electron chi connectivity index (χ4n) is 1.93. The molecule has 3 N–H and O–H groups in total. The second-order valence-electron chi connectivity index (χ2n) is 4.62. The van der Waals surface area contributed by atoms with Gasteiger partial charge in [-0.3, -0.25) is 0 Å². The van der Waals surface area contributed by atoms with Crippen molar-refractivity contribution in [2.75, 3.05) is 17.6 Å². The molecule has 1 unspecified atom stereocenters. The summed E-state index contributed by atoms with van der Waals surface area (Å²) in [7, 11) is 0. The van der Waals surface area contributed by atoms with Gasteiger partial charge in [-0.15, -0.1) is 0 Å². The average molecular weight is 273 g/mol. The highest BCUT2D eigenvalue weighted by atomic mass is 35.5. The second kappa shape index (κ2) is 7.47. The number of nitrogen functional groups attached to an aromatic ring is 1. The highest BCUT2D eigenvalue weighted by molar-refractivity contribution is 6.31. The molecule has 4 heteroatoms. The molecule has 102 valence electrons. The van der Waals surface area contributed by atoms with E-state index in [1.807, 2.05) is 0 Å². The lowest BCUT2D eigenvalue weighted by molar-refractivity contribution is 0.472. The first-order valence-electron chi connectivity index (χ1n) is 6.57. The highest BCUT2D eigenvalue weighted by Gasteiger charge is 2.12. The molecule has 1 rings (SSSR count). The molecule has 0 saturated heterocycles. The molecule has 0 aliphatic carbocycles. The summed E-state index contributed by atoms with van der Waals surface area (Å²) in [6.07, 6.45) is 4.62. The number of nitrogens with one attached hydrogen (secondary N) is 1. The number of rotatable bonds is 7. The molecule has 0 heterocycles. The number of hydrogen-bond donors (Lipinski definition) is 2. The zero-order chi connectivity index (χ0) is 13.5. The fraction of sp³-hybridized carbons (Fsp3) is 0.571. The third kappa shape index (κ3) is 4.05. The van der Waals surface area contributed by atoms with Gasteiger partial charge in [0.15, 0.2) is 5.82 Å². The molecule has 0 bridgehead atoms. The monoisotopic (exact) mass is 272 g/mol. The van der Waals surface area contributed by atoms with Crippen LogP contribution in [0.1, 0.15) is 39.5 Å². The predicted octanol–water partition coefficient (Wildman–Crippen LogP) is 4.69. The Morgan fingerprint density at radius 2 is 2.11 bits per heavy atom. The Labute approximate surface area is 114 Å². The first-order valence-corrected chi connectivity index (χ1v) is 6.95. The number of benzene rings is 1. The van der Waals surface area contributed by atoms with E-state index in [4.69, 9.17) is 17.3 Å². The van der Waals surface area contributed by atoms with Crippen molar-refractivity contribution in [2.45, 2.75) is 39.5 Å². The van der Waals surface area contributed by atoms with Crippen molar-refractivity contribution in [3.05, 3.63) is 23.0 Å². The number of anilines is 2. The summed E-state index contributed by atoms with van der Waals surface area (Å²) in [5.41, 5.74) is 6.49. The van der Waals surface area contributed by atoms with E-state index < -0.39 is 5.82 Å². The van der Waals surface area contributed by atoms with Crippen LogP contribution in [0.5, 0.6) is 0 Å². The van der Waals surface area contributed by atoms with Crippen molar-refractivity contribution >= 4 is 23.0 Å². The molecular formula is C14H22ClFN2. The molecule has 0 aliphatic rings. The Bertz CT molecular complexity index is 382. The molecule has 0 radical (unpaired) electrons. The lowest BCUT2D eigenvalue weighted by Crippen LogP contribution is -2.15. The lowest BCUT2D eigenvalue weighted by atomic mass is 9.99. The molecule has 1 atom stereocenters. The smallest absolute Gasteiger partial charge is 0.166 e. The van der Waals surface area contributed by atoms with E-state index in [-0.39, 0.29) is 5.02 Å². The van der Waals surface area contributed by atoms with Gasteiger partial charge in [-0.2, -0.15) is 0 Å². The first-order chi connectivity index (χ1) is 8.60. The topological polar surface area (TPSA) is 38.0 Å². The lowest BCUT2D eigenvalue weighted by Gasteiger charge is -2.17. The maximum absolute atomic E-state index is 13.8. The van der Waals surface area contributed by atoms with Crippen molar-refractivity contribution in [2.24, 2.45) is 5.92 Å². The van der Waals surface area contributed by atoms with Crippen LogP contribution in [0.4, 0.5) is 15.8 Å². The molecule has 0 spiro atoms. The molecule has 0 aromatic heterocycles. The minimum absolute atomic E-state index is 0.105. The van der Waals surface area contributed by atoms with Gasteiger partial charge < -0.3 is 11.1 Å². The molecule has 0 saturated carbocycles. The van der Waals surface area contributed by atoms with E-state index in [1.54, 1.807) is 6.07 Å². The third-order valence-electron chi connectivity index (χ3n) is 3.24.